The topological polar surface area (TPSA) is 49.8 Å². The lowest BCUT2D eigenvalue weighted by molar-refractivity contribution is 0.0548. The Kier molecular flexibility index (Phi) is 5.76. The van der Waals surface area contributed by atoms with Crippen molar-refractivity contribution in [3.05, 3.63) is 89.1 Å². The van der Waals surface area contributed by atoms with E-state index in [0.29, 0.717) is 0 Å². The van der Waals surface area contributed by atoms with Gasteiger partial charge >= 0.3 is 0 Å². The van der Waals surface area contributed by atoms with Crippen LogP contribution in [-0.4, -0.2) is 42.4 Å². The number of hydrogen-bond donors (Lipinski definition) is 1. The smallest absolute Gasteiger partial charge is 0.146 e. The number of nitrogens with zero attached hydrogens (tertiary/aromatic N) is 3. The first-order valence-corrected chi connectivity index (χ1v) is 10.8. The predicted molar refractivity (Wildman–Crippen MR) is 127 cm³/mol. The zero-order valence-corrected chi connectivity index (χ0v) is 17.5. The van der Waals surface area contributed by atoms with Gasteiger partial charge < -0.3 is 9.64 Å². The molecule has 0 radical (unpaired) electrons. The minimum atomic E-state index is 0.751. The van der Waals surface area contributed by atoms with E-state index in [9.17, 15) is 0 Å². The largest absolute Gasteiger partial charge is 0.378 e. The van der Waals surface area contributed by atoms with Gasteiger partial charge in [0.15, 0.2) is 0 Å². The van der Waals surface area contributed by atoms with E-state index in [0.717, 1.165) is 55.9 Å². The molecule has 0 amide bonds. The number of para-hydroxylation sites is 1. The maximum absolute atomic E-state index is 5.58. The lowest BCUT2D eigenvalue weighted by Gasteiger charge is -2.31. The molecule has 2 aromatic carbocycles. The van der Waals surface area contributed by atoms with Crippen molar-refractivity contribution >= 4 is 29.0 Å². The first-order valence-electron chi connectivity index (χ1n) is 10.8. The lowest BCUT2D eigenvalue weighted by Crippen LogP contribution is -2.36. The second-order valence-corrected chi connectivity index (χ2v) is 7.81. The summed E-state index contributed by atoms with van der Waals surface area (Å²) in [6.07, 6.45) is 6.29. The van der Waals surface area contributed by atoms with Gasteiger partial charge in [0.05, 0.1) is 24.9 Å². The number of aromatic nitrogens is 1. The fraction of sp³-hybridized carbons (Fsp3) is 0.231. The van der Waals surface area contributed by atoms with Crippen LogP contribution in [-0.2, 0) is 4.74 Å². The van der Waals surface area contributed by atoms with Crippen LogP contribution in [0.25, 0.3) is 17.0 Å². The van der Waals surface area contributed by atoms with Crippen LogP contribution in [0.15, 0.2) is 88.7 Å². The number of pyridine rings is 1. The second kappa shape index (κ2) is 9.14. The van der Waals surface area contributed by atoms with Crippen molar-refractivity contribution in [1.29, 1.82) is 0 Å². The molecule has 0 saturated carbocycles. The van der Waals surface area contributed by atoms with Crippen molar-refractivity contribution < 1.29 is 4.74 Å². The van der Waals surface area contributed by atoms with Crippen molar-refractivity contribution in [2.75, 3.05) is 31.7 Å². The highest BCUT2D eigenvalue weighted by Gasteiger charge is 2.25. The molecule has 31 heavy (non-hydrogen) atoms. The molecular weight excluding hydrogens is 384 g/mol. The molecule has 1 aliphatic carbocycles. The zero-order chi connectivity index (χ0) is 20.9. The standard InChI is InChI=1S/C26H26N4O/c1-2-6-20(7-3-1)18-22-10-11-23(26(22)30-14-16-31-17-15-30)19-27-29-25-13-12-21-8-4-5-9-24(21)28-25/h1-9,12-13,18-19H,10-11,14-17H2,(H,28,29). The Hall–Kier alpha value is -3.44. The Bertz CT molecular complexity index is 1140. The predicted octanol–water partition coefficient (Wildman–Crippen LogP) is 5.10. The Morgan fingerprint density at radius 2 is 1.71 bits per heavy atom. The number of benzene rings is 2. The van der Waals surface area contributed by atoms with Crippen LogP contribution in [0.5, 0.6) is 0 Å². The molecule has 2 heterocycles. The van der Waals surface area contributed by atoms with Crippen molar-refractivity contribution in [2.45, 2.75) is 12.8 Å². The van der Waals surface area contributed by atoms with Crippen molar-refractivity contribution in [1.82, 2.24) is 9.88 Å². The fourth-order valence-electron chi connectivity index (χ4n) is 4.23. The second-order valence-electron chi connectivity index (χ2n) is 7.81. The highest BCUT2D eigenvalue weighted by Crippen LogP contribution is 2.35. The van der Waals surface area contributed by atoms with E-state index >= 15 is 0 Å². The van der Waals surface area contributed by atoms with Crippen molar-refractivity contribution in [3.8, 4) is 0 Å². The van der Waals surface area contributed by atoms with Crippen molar-refractivity contribution in [2.24, 2.45) is 5.10 Å². The summed E-state index contributed by atoms with van der Waals surface area (Å²) in [5.74, 6) is 0.751. The third kappa shape index (κ3) is 4.52. The summed E-state index contributed by atoms with van der Waals surface area (Å²) in [5.41, 5.74) is 9.26. The Morgan fingerprint density at radius 1 is 0.903 bits per heavy atom. The minimum absolute atomic E-state index is 0.751. The van der Waals surface area contributed by atoms with Crippen LogP contribution < -0.4 is 5.43 Å². The van der Waals surface area contributed by atoms with E-state index in [1.165, 1.54) is 22.4 Å². The molecular formula is C26H26N4O. The minimum Gasteiger partial charge on any atom is -0.378 e. The van der Waals surface area contributed by atoms with E-state index in [1.54, 1.807) is 0 Å². The number of nitrogens with one attached hydrogen (secondary N) is 1. The SMILES string of the molecule is C(=NNc1ccc2ccccc2n1)C1=C(N2CCOCC2)C(=Cc2ccccc2)CC1. The molecule has 0 spiro atoms. The summed E-state index contributed by atoms with van der Waals surface area (Å²) in [6.45, 7) is 3.37. The number of hydrogen-bond acceptors (Lipinski definition) is 5. The molecule has 0 unspecified atom stereocenters. The third-order valence-electron chi connectivity index (χ3n) is 5.74. The maximum Gasteiger partial charge on any atom is 0.146 e. The highest BCUT2D eigenvalue weighted by molar-refractivity contribution is 5.84. The number of rotatable bonds is 5. The molecule has 1 N–H and O–H groups in total. The van der Waals surface area contributed by atoms with Gasteiger partial charge in [0.1, 0.15) is 5.82 Å². The van der Waals surface area contributed by atoms with Crippen LogP contribution in [0.1, 0.15) is 18.4 Å². The molecule has 5 rings (SSSR count). The average molecular weight is 411 g/mol. The molecule has 2 aliphatic rings. The molecule has 1 saturated heterocycles. The van der Waals surface area contributed by atoms with Gasteiger partial charge in [-0.15, -0.1) is 0 Å². The normalized spacial score (nSPS) is 18.5. The third-order valence-corrected chi connectivity index (χ3v) is 5.74. The van der Waals surface area contributed by atoms with E-state index in [2.05, 4.69) is 69.0 Å². The lowest BCUT2D eigenvalue weighted by atomic mass is 10.1. The average Bonchev–Trinajstić information content (AvgIpc) is 3.22. The van der Waals surface area contributed by atoms with Gasteiger partial charge in [0, 0.05) is 24.2 Å². The zero-order valence-electron chi connectivity index (χ0n) is 17.5. The molecule has 5 nitrogen and oxygen atoms in total. The summed E-state index contributed by atoms with van der Waals surface area (Å²) >= 11 is 0. The molecule has 0 bridgehead atoms. The molecule has 5 heteroatoms. The molecule has 0 atom stereocenters. The van der Waals surface area contributed by atoms with Gasteiger partial charge in [0.2, 0.25) is 0 Å². The van der Waals surface area contributed by atoms with Gasteiger partial charge in [-0.1, -0.05) is 48.5 Å². The molecule has 1 aliphatic heterocycles. The molecule has 1 aromatic heterocycles. The number of hydrazone groups is 1. The van der Waals surface area contributed by atoms with Gasteiger partial charge in [-0.05, 0) is 53.8 Å². The van der Waals surface area contributed by atoms with Crippen molar-refractivity contribution in [3.63, 3.8) is 0 Å². The number of anilines is 1. The van der Waals surface area contributed by atoms with E-state index in [-0.39, 0.29) is 0 Å². The number of morpholine rings is 1. The van der Waals surface area contributed by atoms with Gasteiger partial charge in [-0.2, -0.15) is 5.10 Å². The number of fused-ring (bicyclic) bond motifs is 1. The van der Waals surface area contributed by atoms with Crippen LogP contribution >= 0.6 is 0 Å². The van der Waals surface area contributed by atoms with Crippen LogP contribution in [0, 0.1) is 0 Å². The Labute approximate surface area is 182 Å². The summed E-state index contributed by atoms with van der Waals surface area (Å²) in [4.78, 5) is 7.09. The number of allylic oxidation sites excluding steroid dienone is 2. The maximum atomic E-state index is 5.58. The number of ether oxygens (including phenoxy) is 1. The molecule has 156 valence electrons. The highest BCUT2D eigenvalue weighted by atomic mass is 16.5. The summed E-state index contributed by atoms with van der Waals surface area (Å²) in [6, 6.07) is 22.7. The quantitative estimate of drug-likeness (QED) is 0.470. The Balaban J connectivity index is 1.41. The Morgan fingerprint density at radius 3 is 2.58 bits per heavy atom. The van der Waals surface area contributed by atoms with Gasteiger partial charge in [0.25, 0.3) is 0 Å². The van der Waals surface area contributed by atoms with E-state index < -0.39 is 0 Å². The van der Waals surface area contributed by atoms with Crippen LogP contribution in [0.3, 0.4) is 0 Å². The van der Waals surface area contributed by atoms with Crippen LogP contribution in [0.2, 0.25) is 0 Å². The first kappa shape index (κ1) is 19.5. The molecule has 1 fully saturated rings. The fourth-order valence-corrected chi connectivity index (χ4v) is 4.23. The first-order chi connectivity index (χ1) is 15.4. The van der Waals surface area contributed by atoms with Gasteiger partial charge in [-0.3, -0.25) is 5.43 Å². The monoisotopic (exact) mass is 410 g/mol. The summed E-state index contributed by atoms with van der Waals surface area (Å²) in [5, 5.41) is 5.66. The summed E-state index contributed by atoms with van der Waals surface area (Å²) in [7, 11) is 0. The van der Waals surface area contributed by atoms with Gasteiger partial charge in [-0.25, -0.2) is 4.98 Å². The van der Waals surface area contributed by atoms with E-state index in [1.807, 2.05) is 30.5 Å². The summed E-state index contributed by atoms with van der Waals surface area (Å²) < 4.78 is 5.58. The van der Waals surface area contributed by atoms with E-state index in [4.69, 9.17) is 4.74 Å². The molecule has 3 aromatic rings. The van der Waals surface area contributed by atoms with Crippen LogP contribution in [0.4, 0.5) is 5.82 Å².